The predicted molar refractivity (Wildman–Crippen MR) is 106 cm³/mol. The number of amides is 1. The first kappa shape index (κ1) is 21.5. The first-order chi connectivity index (χ1) is 12.7. The molecule has 27 heavy (non-hydrogen) atoms. The van der Waals surface area contributed by atoms with Gasteiger partial charge < -0.3 is 14.6 Å². The summed E-state index contributed by atoms with van der Waals surface area (Å²) in [5, 5.41) is 9.12. The van der Waals surface area contributed by atoms with Crippen LogP contribution in [0.15, 0.2) is 17.0 Å². The Morgan fingerprint density at radius 2 is 1.96 bits per heavy atom. The molecule has 1 N–H and O–H groups in total. The zero-order chi connectivity index (χ0) is 20.1. The van der Waals surface area contributed by atoms with Crippen molar-refractivity contribution in [2.24, 2.45) is 0 Å². The van der Waals surface area contributed by atoms with Crippen molar-refractivity contribution < 1.29 is 29.0 Å². The molecule has 2 rings (SSSR count). The Morgan fingerprint density at radius 1 is 1.33 bits per heavy atom. The first-order valence-corrected chi connectivity index (χ1v) is 9.45. The molecular weight excluding hydrogens is 437 g/mol. The molecule has 144 valence electrons. The average Bonchev–Trinajstić information content (AvgIpc) is 2.81. The van der Waals surface area contributed by atoms with E-state index in [9.17, 15) is 14.4 Å². The summed E-state index contributed by atoms with van der Waals surface area (Å²) in [7, 11) is 0. The van der Waals surface area contributed by atoms with Gasteiger partial charge in [0.05, 0.1) is 21.6 Å². The van der Waals surface area contributed by atoms with E-state index in [-0.39, 0.29) is 38.2 Å². The Morgan fingerprint density at radius 3 is 2.52 bits per heavy atom. The molecule has 1 saturated heterocycles. The predicted octanol–water partition coefficient (Wildman–Crippen LogP) is 3.22. The highest BCUT2D eigenvalue weighted by atomic mass is 35.5. The van der Waals surface area contributed by atoms with Gasteiger partial charge in [-0.25, -0.2) is 4.79 Å². The number of carboxylic acid groups (broad SMARTS) is 1. The number of rotatable bonds is 7. The maximum absolute atomic E-state index is 12.3. The van der Waals surface area contributed by atoms with E-state index in [1.54, 1.807) is 6.92 Å². The van der Waals surface area contributed by atoms with Crippen molar-refractivity contribution in [2.45, 2.75) is 6.92 Å². The molecule has 0 bridgehead atoms. The molecule has 0 radical (unpaired) electrons. The number of hydrogen-bond donors (Lipinski definition) is 1. The van der Waals surface area contributed by atoms with Gasteiger partial charge in [0.15, 0.2) is 12.4 Å². The van der Waals surface area contributed by atoms with Gasteiger partial charge in [0.2, 0.25) is 0 Å². The number of halogens is 2. The summed E-state index contributed by atoms with van der Waals surface area (Å²) in [6.45, 7) is 1.04. The van der Waals surface area contributed by atoms with E-state index in [4.69, 9.17) is 50.0 Å². The van der Waals surface area contributed by atoms with E-state index in [0.29, 0.717) is 5.56 Å². The average molecular weight is 450 g/mol. The van der Waals surface area contributed by atoms with Crippen LogP contribution in [-0.2, 0) is 19.1 Å². The van der Waals surface area contributed by atoms with E-state index >= 15 is 0 Å². The monoisotopic (exact) mass is 449 g/mol. The Balaban J connectivity index is 2.19. The molecule has 0 aliphatic carbocycles. The largest absolute Gasteiger partial charge is 0.480 e. The summed E-state index contributed by atoms with van der Waals surface area (Å²) >= 11 is 18.3. The van der Waals surface area contributed by atoms with Crippen LogP contribution in [0.2, 0.25) is 10.0 Å². The summed E-state index contributed by atoms with van der Waals surface area (Å²) in [5.41, 5.74) is 0.490. The van der Waals surface area contributed by atoms with Crippen LogP contribution >= 0.6 is 47.2 Å². The summed E-state index contributed by atoms with van der Waals surface area (Å²) in [6, 6.07) is 3.00. The molecule has 1 aliphatic rings. The van der Waals surface area contributed by atoms with E-state index in [1.807, 2.05) is 0 Å². The molecule has 0 atom stereocenters. The highest BCUT2D eigenvalue weighted by Gasteiger charge is 2.33. The molecule has 0 aromatic heterocycles. The second kappa shape index (κ2) is 9.41. The molecule has 0 unspecified atom stereocenters. The van der Waals surface area contributed by atoms with Gasteiger partial charge in [0.1, 0.15) is 10.9 Å². The van der Waals surface area contributed by atoms with Gasteiger partial charge in [-0.2, -0.15) is 0 Å². The Bertz CT molecular complexity index is 819. The third-order valence-corrected chi connectivity index (χ3v) is 5.06. The molecule has 1 aromatic rings. The highest BCUT2D eigenvalue weighted by Crippen LogP contribution is 2.37. The first-order valence-electron chi connectivity index (χ1n) is 7.47. The number of carboxylic acids is 1. The van der Waals surface area contributed by atoms with Crippen LogP contribution in [0.5, 0.6) is 5.75 Å². The third-order valence-electron chi connectivity index (χ3n) is 3.13. The molecule has 0 saturated carbocycles. The van der Waals surface area contributed by atoms with Gasteiger partial charge in [-0.05, 0) is 30.7 Å². The molecule has 1 aromatic carbocycles. The summed E-state index contributed by atoms with van der Waals surface area (Å²) in [4.78, 5) is 35.7. The van der Waals surface area contributed by atoms with Crippen molar-refractivity contribution in [1.29, 1.82) is 0 Å². The lowest BCUT2D eigenvalue weighted by molar-refractivity contribution is -0.145. The lowest BCUT2D eigenvalue weighted by atomic mass is 10.2. The highest BCUT2D eigenvalue weighted by molar-refractivity contribution is 8.26. The van der Waals surface area contributed by atoms with Gasteiger partial charge in [-0.1, -0.05) is 47.2 Å². The van der Waals surface area contributed by atoms with Crippen molar-refractivity contribution in [3.8, 4) is 5.75 Å². The quantitative estimate of drug-likeness (QED) is 0.385. The minimum absolute atomic E-state index is 0.113. The van der Waals surface area contributed by atoms with Crippen LogP contribution in [-0.4, -0.2) is 51.9 Å². The standard InChI is InChI=1S/C16H13Cl2NO6S2/c1-2-24-13(22)7-25-14-9(17)3-8(4-10(14)18)5-11-15(23)19(6-12(20)21)16(26)27-11/h3-5H,2,6-7H2,1H3,(H,20,21)/b11-5+. The number of nitrogens with zero attached hydrogens (tertiary/aromatic N) is 1. The van der Waals surface area contributed by atoms with Crippen molar-refractivity contribution in [3.05, 3.63) is 32.6 Å². The molecular formula is C16H13Cl2NO6S2. The van der Waals surface area contributed by atoms with Gasteiger partial charge >= 0.3 is 11.9 Å². The van der Waals surface area contributed by atoms with Crippen LogP contribution in [0.25, 0.3) is 6.08 Å². The van der Waals surface area contributed by atoms with Gasteiger partial charge in [-0.15, -0.1) is 0 Å². The minimum atomic E-state index is -1.17. The number of thioether (sulfide) groups is 1. The molecule has 1 amide bonds. The number of benzene rings is 1. The molecule has 7 nitrogen and oxygen atoms in total. The van der Waals surface area contributed by atoms with Crippen molar-refractivity contribution in [2.75, 3.05) is 19.8 Å². The fourth-order valence-electron chi connectivity index (χ4n) is 2.06. The van der Waals surface area contributed by atoms with Crippen LogP contribution < -0.4 is 4.74 Å². The molecule has 1 heterocycles. The second-order valence-corrected chi connectivity index (χ2v) is 7.56. The smallest absolute Gasteiger partial charge is 0.344 e. The molecule has 1 fully saturated rings. The summed E-state index contributed by atoms with van der Waals surface area (Å²) in [5.74, 6) is -2.12. The number of ether oxygens (including phenoxy) is 2. The Hall–Kier alpha value is -1.81. The van der Waals surface area contributed by atoms with Crippen molar-refractivity contribution in [1.82, 2.24) is 4.90 Å². The maximum Gasteiger partial charge on any atom is 0.344 e. The van der Waals surface area contributed by atoms with Gasteiger partial charge in [0.25, 0.3) is 5.91 Å². The summed E-state index contributed by atoms with van der Waals surface area (Å²) in [6.07, 6.45) is 1.49. The number of aliphatic carboxylic acids is 1. The maximum atomic E-state index is 12.3. The van der Waals surface area contributed by atoms with Crippen LogP contribution in [0, 0.1) is 0 Å². The lowest BCUT2D eigenvalue weighted by Gasteiger charge is -2.11. The van der Waals surface area contributed by atoms with Crippen molar-refractivity contribution >= 4 is 75.4 Å². The lowest BCUT2D eigenvalue weighted by Crippen LogP contribution is -2.33. The zero-order valence-corrected chi connectivity index (χ0v) is 17.0. The zero-order valence-electron chi connectivity index (χ0n) is 13.9. The van der Waals surface area contributed by atoms with Crippen molar-refractivity contribution in [3.63, 3.8) is 0 Å². The number of carbonyl (C=O) groups is 3. The topological polar surface area (TPSA) is 93.1 Å². The fraction of sp³-hybridized carbons (Fsp3) is 0.250. The van der Waals surface area contributed by atoms with Gasteiger partial charge in [-0.3, -0.25) is 14.5 Å². The Labute approximate surface area is 174 Å². The SMILES string of the molecule is CCOC(=O)COc1c(Cl)cc(/C=C2/SC(=S)N(CC(=O)O)C2=O)cc1Cl. The summed E-state index contributed by atoms with van der Waals surface area (Å²) < 4.78 is 10.2. The minimum Gasteiger partial charge on any atom is -0.480 e. The van der Waals surface area contributed by atoms with Crippen LogP contribution in [0.3, 0.4) is 0 Å². The fourth-order valence-corrected chi connectivity index (χ4v) is 3.93. The number of thiocarbonyl (C=S) groups is 1. The van der Waals surface area contributed by atoms with Gasteiger partial charge in [0, 0.05) is 0 Å². The van der Waals surface area contributed by atoms with E-state index in [2.05, 4.69) is 0 Å². The molecule has 11 heteroatoms. The second-order valence-electron chi connectivity index (χ2n) is 5.07. The van der Waals surface area contributed by atoms with Crippen LogP contribution in [0.1, 0.15) is 12.5 Å². The van der Waals surface area contributed by atoms with Crippen LogP contribution in [0.4, 0.5) is 0 Å². The Kier molecular flexibility index (Phi) is 7.49. The third kappa shape index (κ3) is 5.58. The van der Waals surface area contributed by atoms with E-state index in [1.165, 1.54) is 18.2 Å². The normalized spacial score (nSPS) is 15.4. The number of hydrogen-bond acceptors (Lipinski definition) is 7. The number of carbonyl (C=O) groups excluding carboxylic acids is 2. The molecule has 1 aliphatic heterocycles. The molecule has 0 spiro atoms. The van der Waals surface area contributed by atoms with E-state index < -0.39 is 24.4 Å². The number of esters is 1. The van der Waals surface area contributed by atoms with E-state index in [0.717, 1.165) is 16.7 Å².